The second kappa shape index (κ2) is 7.87. The van der Waals surface area contributed by atoms with Gasteiger partial charge in [0, 0.05) is 28.9 Å². The Hall–Kier alpha value is -2.40. The van der Waals surface area contributed by atoms with Crippen LogP contribution in [0, 0.1) is 0 Å². The molecule has 1 heterocycles. The van der Waals surface area contributed by atoms with E-state index in [1.54, 1.807) is 24.2 Å². The van der Waals surface area contributed by atoms with Gasteiger partial charge < -0.3 is 9.47 Å². The monoisotopic (exact) mass is 369 g/mol. The van der Waals surface area contributed by atoms with Crippen molar-refractivity contribution >= 4 is 28.6 Å². The first-order valence-electron chi connectivity index (χ1n) is 8.50. The van der Waals surface area contributed by atoms with Crippen molar-refractivity contribution in [3.05, 3.63) is 66.5 Å². The van der Waals surface area contributed by atoms with Gasteiger partial charge in [-0.25, -0.2) is 4.79 Å². The highest BCUT2D eigenvalue weighted by atomic mass is 32.2. The summed E-state index contributed by atoms with van der Waals surface area (Å²) in [7, 11) is 0. The molecule has 0 N–H and O–H groups in total. The second-order valence-corrected chi connectivity index (χ2v) is 7.97. The van der Waals surface area contributed by atoms with E-state index in [1.165, 1.54) is 10.1 Å². The van der Waals surface area contributed by atoms with Crippen LogP contribution in [0.15, 0.2) is 60.9 Å². The minimum absolute atomic E-state index is 0.380. The lowest BCUT2D eigenvalue weighted by atomic mass is 10.2. The first kappa shape index (κ1) is 18.4. The molecule has 1 aromatic heterocycles. The van der Waals surface area contributed by atoms with Crippen LogP contribution < -0.4 is 4.74 Å². The Labute approximate surface area is 158 Å². The van der Waals surface area contributed by atoms with E-state index >= 15 is 0 Å². The number of ether oxygens (including phenoxy) is 2. The zero-order chi connectivity index (χ0) is 18.6. The molecule has 0 saturated heterocycles. The number of thioether (sulfide) groups is 1. The number of hydrogen-bond acceptors (Lipinski definition) is 4. The van der Waals surface area contributed by atoms with Crippen molar-refractivity contribution < 1.29 is 14.3 Å². The van der Waals surface area contributed by atoms with E-state index in [1.807, 2.05) is 57.2 Å². The van der Waals surface area contributed by atoms with Gasteiger partial charge in [0.2, 0.25) is 0 Å². The Morgan fingerprint density at radius 2 is 1.77 bits per heavy atom. The van der Waals surface area contributed by atoms with Crippen LogP contribution in [0.4, 0.5) is 4.79 Å². The predicted molar refractivity (Wildman–Crippen MR) is 107 cm³/mol. The van der Waals surface area contributed by atoms with Crippen LogP contribution >= 0.6 is 11.8 Å². The van der Waals surface area contributed by atoms with Crippen molar-refractivity contribution in [3.8, 4) is 5.75 Å². The number of carbonyl (C=O) groups excluding carboxylic acids is 1. The SMILES string of the molecule is CC(C)(C)OC(=O)n1cc2ccc(OCSCc3ccccc3)cc2c1. The number of carbonyl (C=O) groups is 1. The largest absolute Gasteiger partial charge is 0.483 e. The van der Waals surface area contributed by atoms with E-state index in [0.29, 0.717) is 5.94 Å². The number of nitrogens with zero attached hydrogens (tertiary/aromatic N) is 1. The molecule has 2 aromatic carbocycles. The van der Waals surface area contributed by atoms with Crippen molar-refractivity contribution in [2.45, 2.75) is 32.1 Å². The maximum atomic E-state index is 12.2. The topological polar surface area (TPSA) is 40.5 Å². The van der Waals surface area contributed by atoms with Gasteiger partial charge in [0.05, 0.1) is 0 Å². The maximum Gasteiger partial charge on any atom is 0.418 e. The van der Waals surface area contributed by atoms with E-state index < -0.39 is 5.60 Å². The lowest BCUT2D eigenvalue weighted by molar-refractivity contribution is 0.0538. The third kappa shape index (κ3) is 5.05. The molecule has 0 aliphatic heterocycles. The molecule has 0 atom stereocenters. The number of rotatable bonds is 5. The van der Waals surface area contributed by atoms with E-state index in [0.717, 1.165) is 22.3 Å². The van der Waals surface area contributed by atoms with Gasteiger partial charge in [0.1, 0.15) is 17.3 Å². The van der Waals surface area contributed by atoms with Crippen LogP contribution in [0.5, 0.6) is 5.75 Å². The molecule has 26 heavy (non-hydrogen) atoms. The molecule has 3 rings (SSSR count). The van der Waals surface area contributed by atoms with Crippen LogP contribution in [0.2, 0.25) is 0 Å². The molecule has 0 radical (unpaired) electrons. The molecular formula is C21H23NO3S. The zero-order valence-corrected chi connectivity index (χ0v) is 16.1. The summed E-state index contributed by atoms with van der Waals surface area (Å²) >= 11 is 1.72. The molecule has 136 valence electrons. The summed E-state index contributed by atoms with van der Waals surface area (Å²) in [6.45, 7) is 5.56. The molecule has 3 aromatic rings. The smallest absolute Gasteiger partial charge is 0.418 e. The Bertz CT molecular complexity index is 881. The lowest BCUT2D eigenvalue weighted by Crippen LogP contribution is -2.26. The Balaban J connectivity index is 1.59. The summed E-state index contributed by atoms with van der Waals surface area (Å²) in [5, 5.41) is 1.92. The fraction of sp³-hybridized carbons (Fsp3) is 0.286. The van der Waals surface area contributed by atoms with Crippen molar-refractivity contribution in [2.75, 3.05) is 5.94 Å². The highest BCUT2D eigenvalue weighted by molar-refractivity contribution is 7.98. The van der Waals surface area contributed by atoms with Gasteiger partial charge in [0.25, 0.3) is 0 Å². The number of benzene rings is 2. The number of aromatic nitrogens is 1. The molecule has 0 amide bonds. The highest BCUT2D eigenvalue weighted by Gasteiger charge is 2.18. The van der Waals surface area contributed by atoms with Gasteiger partial charge in [-0.05, 0) is 44.5 Å². The molecule has 0 spiro atoms. The van der Waals surface area contributed by atoms with Gasteiger partial charge in [-0.15, -0.1) is 11.8 Å². The summed E-state index contributed by atoms with van der Waals surface area (Å²) in [6, 6.07) is 16.1. The van der Waals surface area contributed by atoms with Crippen LogP contribution in [0.25, 0.3) is 10.8 Å². The van der Waals surface area contributed by atoms with Crippen molar-refractivity contribution in [1.29, 1.82) is 0 Å². The van der Waals surface area contributed by atoms with Crippen LogP contribution in [0.1, 0.15) is 26.3 Å². The van der Waals surface area contributed by atoms with Crippen molar-refractivity contribution in [2.24, 2.45) is 0 Å². The van der Waals surface area contributed by atoms with Gasteiger partial charge in [-0.1, -0.05) is 30.3 Å². The number of hydrogen-bond donors (Lipinski definition) is 0. The van der Waals surface area contributed by atoms with Gasteiger partial charge >= 0.3 is 6.09 Å². The molecule has 5 heteroatoms. The van der Waals surface area contributed by atoms with Gasteiger partial charge in [0.15, 0.2) is 0 Å². The third-order valence-electron chi connectivity index (χ3n) is 3.64. The van der Waals surface area contributed by atoms with E-state index in [9.17, 15) is 4.79 Å². The van der Waals surface area contributed by atoms with Crippen molar-refractivity contribution in [3.63, 3.8) is 0 Å². The summed E-state index contributed by atoms with van der Waals surface area (Å²) in [6.07, 6.45) is 3.17. The normalized spacial score (nSPS) is 11.5. The van der Waals surface area contributed by atoms with E-state index in [-0.39, 0.29) is 6.09 Å². The molecular weight excluding hydrogens is 346 g/mol. The van der Waals surface area contributed by atoms with Crippen LogP contribution in [-0.4, -0.2) is 22.2 Å². The zero-order valence-electron chi connectivity index (χ0n) is 15.3. The van der Waals surface area contributed by atoms with Crippen molar-refractivity contribution in [1.82, 2.24) is 4.57 Å². The van der Waals surface area contributed by atoms with E-state index in [4.69, 9.17) is 9.47 Å². The molecule has 0 aliphatic carbocycles. The first-order valence-corrected chi connectivity index (χ1v) is 9.66. The van der Waals surface area contributed by atoms with E-state index in [2.05, 4.69) is 12.1 Å². The second-order valence-electron chi connectivity index (χ2n) is 7.03. The molecule has 0 saturated carbocycles. The lowest BCUT2D eigenvalue weighted by Gasteiger charge is -2.19. The summed E-state index contributed by atoms with van der Waals surface area (Å²) in [4.78, 5) is 12.2. The fourth-order valence-corrected chi connectivity index (χ4v) is 3.20. The maximum absolute atomic E-state index is 12.2. The van der Waals surface area contributed by atoms with Crippen LogP contribution in [-0.2, 0) is 10.5 Å². The molecule has 4 nitrogen and oxygen atoms in total. The highest BCUT2D eigenvalue weighted by Crippen LogP contribution is 2.24. The standard InChI is InChI=1S/C21H23NO3S/c1-21(2,3)25-20(23)22-12-17-9-10-19(11-18(17)13-22)24-15-26-14-16-7-5-4-6-8-16/h4-13H,14-15H2,1-3H3. The van der Waals surface area contributed by atoms with Gasteiger partial charge in [-0.3, -0.25) is 4.57 Å². The van der Waals surface area contributed by atoms with Gasteiger partial charge in [-0.2, -0.15) is 0 Å². The predicted octanol–water partition coefficient (Wildman–Crippen LogP) is 5.69. The average Bonchev–Trinajstić information content (AvgIpc) is 3.02. The molecule has 0 fully saturated rings. The Morgan fingerprint density at radius 3 is 2.50 bits per heavy atom. The number of fused-ring (bicyclic) bond motifs is 1. The average molecular weight is 369 g/mol. The third-order valence-corrected chi connectivity index (χ3v) is 4.46. The minimum atomic E-state index is -0.516. The summed E-state index contributed by atoms with van der Waals surface area (Å²) < 4.78 is 12.7. The Kier molecular flexibility index (Phi) is 5.57. The van der Waals surface area contributed by atoms with Crippen LogP contribution in [0.3, 0.4) is 0 Å². The molecule has 0 unspecified atom stereocenters. The fourth-order valence-electron chi connectivity index (χ4n) is 2.47. The Morgan fingerprint density at radius 1 is 1.04 bits per heavy atom. The quantitative estimate of drug-likeness (QED) is 0.428. The summed E-state index contributed by atoms with van der Waals surface area (Å²) in [5.74, 6) is 2.28. The minimum Gasteiger partial charge on any atom is -0.483 e. The first-order chi connectivity index (χ1) is 12.4. The molecule has 0 bridgehead atoms. The summed E-state index contributed by atoms with van der Waals surface area (Å²) in [5.41, 5.74) is 0.767. The molecule has 0 aliphatic rings.